The maximum Gasteiger partial charge on any atom is 0.274 e. The number of amides is 1. The average Bonchev–Trinajstić information content (AvgIpc) is 3.34. The molecule has 1 saturated heterocycles. The molecule has 1 amide bonds. The molecule has 1 aliphatic carbocycles. The molecule has 0 unspecified atom stereocenters. The van der Waals surface area contributed by atoms with E-state index in [4.69, 9.17) is 11.6 Å². The standard InChI is InChI=1S/C18H21ClN4O/c1-12-2-5-14(19)10-17(12)22-6-8-23(9-7-22)18(24)16-11-15(20-21-16)13-3-4-13/h2,5,10-11,13H,3-4,6-9H2,1H3,(H,20,21). The molecule has 6 heteroatoms. The summed E-state index contributed by atoms with van der Waals surface area (Å²) in [4.78, 5) is 16.8. The summed E-state index contributed by atoms with van der Waals surface area (Å²) < 4.78 is 0. The lowest BCUT2D eigenvalue weighted by Crippen LogP contribution is -2.49. The summed E-state index contributed by atoms with van der Waals surface area (Å²) in [6.07, 6.45) is 2.40. The van der Waals surface area contributed by atoms with Crippen molar-refractivity contribution < 1.29 is 4.79 Å². The quantitative estimate of drug-likeness (QED) is 0.930. The molecule has 1 N–H and O–H groups in total. The molecule has 0 atom stereocenters. The summed E-state index contributed by atoms with van der Waals surface area (Å²) >= 11 is 6.13. The molecule has 2 aromatic rings. The topological polar surface area (TPSA) is 52.2 Å². The van der Waals surface area contributed by atoms with Crippen LogP contribution < -0.4 is 4.90 Å². The molecule has 1 aliphatic heterocycles. The minimum absolute atomic E-state index is 0.0283. The number of piperazine rings is 1. The fourth-order valence-electron chi connectivity index (χ4n) is 3.29. The number of benzene rings is 1. The van der Waals surface area contributed by atoms with Crippen molar-refractivity contribution in [2.75, 3.05) is 31.1 Å². The molecule has 1 aromatic carbocycles. The second-order valence-corrected chi connectivity index (χ2v) is 7.13. The van der Waals surface area contributed by atoms with Crippen molar-refractivity contribution in [1.29, 1.82) is 0 Å². The van der Waals surface area contributed by atoms with E-state index in [-0.39, 0.29) is 5.91 Å². The maximum atomic E-state index is 12.6. The molecule has 2 heterocycles. The van der Waals surface area contributed by atoms with Crippen LogP contribution in [0, 0.1) is 6.92 Å². The third kappa shape index (κ3) is 3.00. The first-order valence-electron chi connectivity index (χ1n) is 8.47. The number of aromatic nitrogens is 2. The third-order valence-electron chi connectivity index (χ3n) is 4.91. The Bertz CT molecular complexity index is 760. The van der Waals surface area contributed by atoms with Crippen LogP contribution in [0.5, 0.6) is 0 Å². The van der Waals surface area contributed by atoms with Crippen LogP contribution in [0.1, 0.15) is 40.5 Å². The molecule has 0 bridgehead atoms. The van der Waals surface area contributed by atoms with Crippen molar-refractivity contribution in [2.45, 2.75) is 25.7 Å². The number of carbonyl (C=O) groups is 1. The summed E-state index contributed by atoms with van der Waals surface area (Å²) in [5.41, 5.74) is 4.02. The number of halogens is 1. The van der Waals surface area contributed by atoms with Crippen molar-refractivity contribution in [1.82, 2.24) is 15.1 Å². The number of hydrogen-bond donors (Lipinski definition) is 1. The van der Waals surface area contributed by atoms with Gasteiger partial charge in [-0.1, -0.05) is 17.7 Å². The van der Waals surface area contributed by atoms with E-state index in [0.29, 0.717) is 24.7 Å². The minimum atomic E-state index is 0.0283. The van der Waals surface area contributed by atoms with E-state index < -0.39 is 0 Å². The fourth-order valence-corrected chi connectivity index (χ4v) is 3.45. The maximum absolute atomic E-state index is 12.6. The lowest BCUT2D eigenvalue weighted by molar-refractivity contribution is 0.0741. The van der Waals surface area contributed by atoms with Gasteiger partial charge in [-0.25, -0.2) is 0 Å². The van der Waals surface area contributed by atoms with Crippen LogP contribution in [0.25, 0.3) is 0 Å². The molecule has 2 aliphatic rings. The number of hydrogen-bond acceptors (Lipinski definition) is 3. The largest absolute Gasteiger partial charge is 0.368 e. The smallest absolute Gasteiger partial charge is 0.274 e. The Kier molecular flexibility index (Phi) is 3.96. The highest BCUT2D eigenvalue weighted by Crippen LogP contribution is 2.39. The lowest BCUT2D eigenvalue weighted by Gasteiger charge is -2.36. The predicted molar refractivity (Wildman–Crippen MR) is 94.9 cm³/mol. The predicted octanol–water partition coefficient (Wildman–Crippen LogP) is 3.21. The van der Waals surface area contributed by atoms with Gasteiger partial charge in [0.2, 0.25) is 0 Å². The number of nitrogens with zero attached hydrogens (tertiary/aromatic N) is 3. The molecule has 1 saturated carbocycles. The van der Waals surface area contributed by atoms with Crippen molar-refractivity contribution in [3.63, 3.8) is 0 Å². The Labute approximate surface area is 146 Å². The summed E-state index contributed by atoms with van der Waals surface area (Å²) in [5.74, 6) is 0.613. The van der Waals surface area contributed by atoms with Gasteiger partial charge in [-0.2, -0.15) is 5.10 Å². The summed E-state index contributed by atoms with van der Waals surface area (Å²) in [6.45, 7) is 5.12. The van der Waals surface area contributed by atoms with Crippen LogP contribution >= 0.6 is 11.6 Å². The van der Waals surface area contributed by atoms with Crippen LogP contribution in [-0.4, -0.2) is 47.2 Å². The summed E-state index contributed by atoms with van der Waals surface area (Å²) in [6, 6.07) is 7.88. The highest BCUT2D eigenvalue weighted by atomic mass is 35.5. The van der Waals surface area contributed by atoms with Gasteiger partial charge in [0, 0.05) is 48.5 Å². The van der Waals surface area contributed by atoms with E-state index in [2.05, 4.69) is 22.0 Å². The van der Waals surface area contributed by atoms with E-state index in [9.17, 15) is 4.79 Å². The van der Waals surface area contributed by atoms with E-state index in [1.165, 1.54) is 18.4 Å². The van der Waals surface area contributed by atoms with Crippen molar-refractivity contribution in [3.8, 4) is 0 Å². The summed E-state index contributed by atoms with van der Waals surface area (Å²) in [5, 5.41) is 7.97. The van der Waals surface area contributed by atoms with E-state index >= 15 is 0 Å². The molecule has 2 fully saturated rings. The van der Waals surface area contributed by atoms with Gasteiger partial charge in [0.05, 0.1) is 0 Å². The molecule has 0 radical (unpaired) electrons. The number of anilines is 1. The molecule has 0 spiro atoms. The number of aromatic amines is 1. The van der Waals surface area contributed by atoms with Gasteiger partial charge in [0.1, 0.15) is 5.69 Å². The fraction of sp³-hybridized carbons (Fsp3) is 0.444. The first-order chi connectivity index (χ1) is 11.6. The average molecular weight is 345 g/mol. The Morgan fingerprint density at radius 2 is 1.96 bits per heavy atom. The monoisotopic (exact) mass is 344 g/mol. The normalized spacial score (nSPS) is 18.1. The SMILES string of the molecule is Cc1ccc(Cl)cc1N1CCN(C(=O)c2cc(C3CC3)[nH]n2)CC1. The Balaban J connectivity index is 1.41. The summed E-state index contributed by atoms with van der Waals surface area (Å²) in [7, 11) is 0. The van der Waals surface area contributed by atoms with Gasteiger partial charge in [0.25, 0.3) is 5.91 Å². The highest BCUT2D eigenvalue weighted by molar-refractivity contribution is 6.30. The second kappa shape index (κ2) is 6.13. The van der Waals surface area contributed by atoms with E-state index in [0.717, 1.165) is 29.5 Å². The third-order valence-corrected chi connectivity index (χ3v) is 5.15. The molecule has 24 heavy (non-hydrogen) atoms. The number of rotatable bonds is 3. The number of H-pyrrole nitrogens is 1. The zero-order valence-electron chi connectivity index (χ0n) is 13.8. The van der Waals surface area contributed by atoms with Crippen molar-refractivity contribution >= 4 is 23.2 Å². The zero-order chi connectivity index (χ0) is 16.7. The van der Waals surface area contributed by atoms with E-state index in [1.54, 1.807) is 0 Å². The van der Waals surface area contributed by atoms with Gasteiger partial charge in [-0.05, 0) is 43.5 Å². The molecular formula is C18H21ClN4O. The minimum Gasteiger partial charge on any atom is -0.368 e. The van der Waals surface area contributed by atoms with Gasteiger partial charge in [0.15, 0.2) is 0 Å². The first-order valence-corrected chi connectivity index (χ1v) is 8.85. The molecule has 126 valence electrons. The van der Waals surface area contributed by atoms with Crippen LogP contribution in [0.15, 0.2) is 24.3 Å². The van der Waals surface area contributed by atoms with Crippen LogP contribution in [0.2, 0.25) is 5.02 Å². The van der Waals surface area contributed by atoms with Gasteiger partial charge in [-0.15, -0.1) is 0 Å². The number of nitrogens with one attached hydrogen (secondary N) is 1. The Morgan fingerprint density at radius 3 is 2.67 bits per heavy atom. The molecule has 5 nitrogen and oxygen atoms in total. The zero-order valence-corrected chi connectivity index (χ0v) is 14.5. The van der Waals surface area contributed by atoms with E-state index in [1.807, 2.05) is 29.2 Å². The van der Waals surface area contributed by atoms with Crippen LogP contribution in [0.3, 0.4) is 0 Å². The first kappa shape index (κ1) is 15.5. The second-order valence-electron chi connectivity index (χ2n) is 6.69. The molecular weight excluding hydrogens is 324 g/mol. The van der Waals surface area contributed by atoms with Crippen molar-refractivity contribution in [3.05, 3.63) is 46.2 Å². The lowest BCUT2D eigenvalue weighted by atomic mass is 10.1. The number of aryl methyl sites for hydroxylation is 1. The Hall–Kier alpha value is -2.01. The van der Waals surface area contributed by atoms with Crippen LogP contribution in [-0.2, 0) is 0 Å². The van der Waals surface area contributed by atoms with Gasteiger partial charge < -0.3 is 9.80 Å². The molecule has 1 aromatic heterocycles. The van der Waals surface area contributed by atoms with Crippen LogP contribution in [0.4, 0.5) is 5.69 Å². The van der Waals surface area contributed by atoms with Crippen molar-refractivity contribution in [2.24, 2.45) is 0 Å². The Morgan fingerprint density at radius 1 is 1.21 bits per heavy atom. The molecule has 4 rings (SSSR count). The highest BCUT2D eigenvalue weighted by Gasteiger charge is 2.29. The number of carbonyl (C=O) groups excluding carboxylic acids is 1. The van der Waals surface area contributed by atoms with Gasteiger partial charge >= 0.3 is 0 Å². The van der Waals surface area contributed by atoms with Gasteiger partial charge in [-0.3, -0.25) is 9.89 Å².